The lowest BCUT2D eigenvalue weighted by molar-refractivity contribution is -0.137. The molecule has 2 atom stereocenters. The molecule has 0 aliphatic carbocycles. The van der Waals surface area contributed by atoms with Crippen LogP contribution >= 0.6 is 0 Å². The van der Waals surface area contributed by atoms with E-state index >= 15 is 0 Å². The fourth-order valence-electron chi connectivity index (χ4n) is 6.02. The molecule has 2 saturated heterocycles. The number of alkyl halides is 3. The zero-order valence-electron chi connectivity index (χ0n) is 23.2. The number of nitrogens with zero attached hydrogens (tertiary/aromatic N) is 7. The zero-order chi connectivity index (χ0) is 29.4. The molecule has 2 unspecified atom stereocenters. The van der Waals surface area contributed by atoms with Crippen LogP contribution in [0.4, 0.5) is 24.8 Å². The number of aliphatic hydroxyl groups excluding tert-OH is 1. The fraction of sp³-hybridized carbons (Fsp3) is 0.400. The summed E-state index contributed by atoms with van der Waals surface area (Å²) < 4.78 is 43.2. The highest BCUT2D eigenvalue weighted by Crippen LogP contribution is 2.39. The van der Waals surface area contributed by atoms with Crippen LogP contribution in [0.2, 0.25) is 0 Å². The number of piperazine rings is 1. The molecule has 220 valence electrons. The van der Waals surface area contributed by atoms with Crippen molar-refractivity contribution in [1.82, 2.24) is 24.4 Å². The van der Waals surface area contributed by atoms with Gasteiger partial charge in [-0.1, -0.05) is 0 Å². The number of anilines is 2. The van der Waals surface area contributed by atoms with E-state index in [4.69, 9.17) is 0 Å². The highest BCUT2D eigenvalue weighted by atomic mass is 19.4. The van der Waals surface area contributed by atoms with Crippen LogP contribution in [0.5, 0.6) is 0 Å². The number of rotatable bonds is 6. The number of benzene rings is 1. The van der Waals surface area contributed by atoms with Crippen molar-refractivity contribution in [1.29, 1.82) is 0 Å². The maximum Gasteiger partial charge on any atom is 0.416 e. The van der Waals surface area contributed by atoms with Gasteiger partial charge in [0.15, 0.2) is 6.29 Å². The number of carbonyl (C=O) groups excluding carboxylic acids is 1. The van der Waals surface area contributed by atoms with Gasteiger partial charge in [0.25, 0.3) is 0 Å². The molecule has 2 aliphatic heterocycles. The van der Waals surface area contributed by atoms with E-state index in [0.717, 1.165) is 29.3 Å². The lowest BCUT2D eigenvalue weighted by Crippen LogP contribution is -2.54. The first-order chi connectivity index (χ1) is 20.2. The van der Waals surface area contributed by atoms with Crippen molar-refractivity contribution < 1.29 is 23.1 Å². The molecule has 42 heavy (non-hydrogen) atoms. The number of carbonyl (C=O) groups is 1. The summed E-state index contributed by atoms with van der Waals surface area (Å²) >= 11 is 0. The Labute approximate surface area is 241 Å². The summed E-state index contributed by atoms with van der Waals surface area (Å²) in [5.41, 5.74) is 1.67. The first kappa shape index (κ1) is 28.1. The molecule has 9 nitrogen and oxygen atoms in total. The van der Waals surface area contributed by atoms with Gasteiger partial charge in [-0.05, 0) is 50.1 Å². The van der Waals surface area contributed by atoms with Gasteiger partial charge in [-0.2, -0.15) is 13.2 Å². The number of pyridine rings is 1. The number of hydrogen-bond donors (Lipinski definition) is 1. The van der Waals surface area contributed by atoms with Crippen molar-refractivity contribution in [2.24, 2.45) is 0 Å². The van der Waals surface area contributed by atoms with E-state index in [1.165, 1.54) is 6.07 Å². The van der Waals surface area contributed by atoms with Gasteiger partial charge in [0.2, 0.25) is 5.95 Å². The lowest BCUT2D eigenvalue weighted by atomic mass is 10.0. The Bertz CT molecular complexity index is 1550. The number of piperidine rings is 1. The Kier molecular flexibility index (Phi) is 7.58. The monoisotopic (exact) mass is 579 g/mol. The van der Waals surface area contributed by atoms with Crippen LogP contribution in [0, 0.1) is 0 Å². The Morgan fingerprint density at radius 2 is 1.76 bits per heavy atom. The van der Waals surface area contributed by atoms with Crippen LogP contribution in [0.15, 0.2) is 61.3 Å². The summed E-state index contributed by atoms with van der Waals surface area (Å²) in [5, 5.41) is 10.8. The SMILES string of the molecule is CC1CN(c2ccc(C(F)(F)F)cc2-c2cnc(N3CCC(O)CC3)nc2)CCN1C(C=O)n1ccc2ccncc21. The Morgan fingerprint density at radius 3 is 2.45 bits per heavy atom. The molecule has 2 aliphatic rings. The van der Waals surface area contributed by atoms with Crippen molar-refractivity contribution in [3.63, 3.8) is 0 Å². The Morgan fingerprint density at radius 1 is 1.00 bits per heavy atom. The molecule has 2 fully saturated rings. The van der Waals surface area contributed by atoms with Gasteiger partial charge < -0.3 is 19.5 Å². The van der Waals surface area contributed by atoms with Crippen LogP contribution in [0.3, 0.4) is 0 Å². The molecule has 12 heteroatoms. The highest BCUT2D eigenvalue weighted by Gasteiger charge is 2.34. The van der Waals surface area contributed by atoms with E-state index in [9.17, 15) is 23.1 Å². The summed E-state index contributed by atoms with van der Waals surface area (Å²) in [5.74, 6) is 0.494. The molecule has 0 bridgehead atoms. The number of hydrogen-bond acceptors (Lipinski definition) is 8. The molecule has 0 amide bonds. The van der Waals surface area contributed by atoms with Gasteiger partial charge >= 0.3 is 6.18 Å². The molecular weight excluding hydrogens is 547 g/mol. The molecule has 0 saturated carbocycles. The minimum absolute atomic E-state index is 0.0775. The summed E-state index contributed by atoms with van der Waals surface area (Å²) in [6.07, 6.45) is 5.26. The average molecular weight is 580 g/mol. The smallest absolute Gasteiger partial charge is 0.393 e. The summed E-state index contributed by atoms with van der Waals surface area (Å²) in [6, 6.07) is 7.56. The predicted octanol–water partition coefficient (Wildman–Crippen LogP) is 4.38. The van der Waals surface area contributed by atoms with E-state index in [1.807, 2.05) is 34.7 Å². The third-order valence-electron chi connectivity index (χ3n) is 8.31. The molecular formula is C30H32F3N7O2. The maximum absolute atomic E-state index is 13.8. The van der Waals surface area contributed by atoms with E-state index in [1.54, 1.807) is 24.8 Å². The number of aromatic nitrogens is 4. The minimum atomic E-state index is -4.50. The second-order valence-electron chi connectivity index (χ2n) is 11.0. The zero-order valence-corrected chi connectivity index (χ0v) is 23.2. The summed E-state index contributed by atoms with van der Waals surface area (Å²) in [4.78, 5) is 31.6. The largest absolute Gasteiger partial charge is 0.416 e. The van der Waals surface area contributed by atoms with E-state index < -0.39 is 17.9 Å². The van der Waals surface area contributed by atoms with Crippen LogP contribution in [-0.4, -0.2) is 80.7 Å². The molecule has 0 radical (unpaired) electrons. The predicted molar refractivity (Wildman–Crippen MR) is 153 cm³/mol. The third-order valence-corrected chi connectivity index (χ3v) is 8.31. The van der Waals surface area contributed by atoms with Crippen LogP contribution in [-0.2, 0) is 11.0 Å². The van der Waals surface area contributed by atoms with Crippen molar-refractivity contribution in [2.45, 2.75) is 44.3 Å². The number of fused-ring (bicyclic) bond motifs is 1. The first-order valence-electron chi connectivity index (χ1n) is 14.1. The Hall–Kier alpha value is -4.03. The van der Waals surface area contributed by atoms with E-state index in [2.05, 4.69) is 24.8 Å². The topological polar surface area (TPSA) is 90.6 Å². The van der Waals surface area contributed by atoms with Gasteiger partial charge in [0.1, 0.15) is 6.17 Å². The fourth-order valence-corrected chi connectivity index (χ4v) is 6.02. The first-order valence-corrected chi connectivity index (χ1v) is 14.1. The van der Waals surface area contributed by atoms with Gasteiger partial charge in [-0.3, -0.25) is 14.7 Å². The van der Waals surface area contributed by atoms with Crippen LogP contribution < -0.4 is 9.80 Å². The molecule has 1 N–H and O–H groups in total. The van der Waals surface area contributed by atoms with Gasteiger partial charge in [-0.25, -0.2) is 9.97 Å². The minimum Gasteiger partial charge on any atom is -0.393 e. The molecule has 6 rings (SSSR count). The molecule has 5 heterocycles. The third kappa shape index (κ3) is 5.43. The van der Waals surface area contributed by atoms with Crippen LogP contribution in [0.1, 0.15) is 31.5 Å². The second-order valence-corrected chi connectivity index (χ2v) is 11.0. The summed E-state index contributed by atoms with van der Waals surface area (Å²) in [6.45, 7) is 4.81. The highest BCUT2D eigenvalue weighted by molar-refractivity contribution is 5.81. The van der Waals surface area contributed by atoms with E-state index in [0.29, 0.717) is 68.3 Å². The van der Waals surface area contributed by atoms with Crippen LogP contribution in [0.25, 0.3) is 22.0 Å². The van der Waals surface area contributed by atoms with E-state index in [-0.39, 0.29) is 12.1 Å². The van der Waals surface area contributed by atoms with Gasteiger partial charge in [0.05, 0.1) is 23.4 Å². The number of halogens is 3. The number of aldehydes is 1. The number of aliphatic hydroxyl groups is 1. The van der Waals surface area contributed by atoms with Crippen molar-refractivity contribution >= 4 is 28.8 Å². The standard InChI is InChI=1S/C30H32F3N7O2/c1-20-18-38(12-13-39(20)28(19-41)40-11-5-21-4-8-34-17-27(21)40)26-3-2-23(30(31,32)33)14-25(26)22-15-35-29(36-16-22)37-9-6-24(42)7-10-37/h2-5,8,11,14-17,19-20,24,28,42H,6-7,9-10,12-13,18H2,1H3. The summed E-state index contributed by atoms with van der Waals surface area (Å²) in [7, 11) is 0. The molecule has 1 aromatic carbocycles. The van der Waals surface area contributed by atoms with Crippen molar-refractivity contribution in [3.05, 3.63) is 66.9 Å². The molecule has 3 aromatic heterocycles. The lowest BCUT2D eigenvalue weighted by Gasteiger charge is -2.44. The Balaban J connectivity index is 1.27. The average Bonchev–Trinajstić information content (AvgIpc) is 3.42. The second kappa shape index (κ2) is 11.3. The normalized spacial score (nSPS) is 19.8. The van der Waals surface area contributed by atoms with Gasteiger partial charge in [0, 0.05) is 85.8 Å². The molecule has 4 aromatic rings. The van der Waals surface area contributed by atoms with Gasteiger partial charge in [-0.15, -0.1) is 0 Å². The van der Waals surface area contributed by atoms with Crippen molar-refractivity contribution in [2.75, 3.05) is 42.5 Å². The molecule has 0 spiro atoms. The quantitative estimate of drug-likeness (QED) is 0.337. The van der Waals surface area contributed by atoms with Crippen molar-refractivity contribution in [3.8, 4) is 11.1 Å². The maximum atomic E-state index is 13.8.